The summed E-state index contributed by atoms with van der Waals surface area (Å²) in [5.41, 5.74) is 0.652. The van der Waals surface area contributed by atoms with Gasteiger partial charge in [0.1, 0.15) is 19.0 Å². The fourth-order valence-electron chi connectivity index (χ4n) is 8.14. The maximum atomic E-state index is 14.0. The Morgan fingerprint density at radius 1 is 0.960 bits per heavy atom. The number of carbonyl (C=O) groups is 1. The monoisotopic (exact) mass is 734 g/mol. The van der Waals surface area contributed by atoms with Crippen LogP contribution in [0, 0.1) is 11.3 Å². The van der Waals surface area contributed by atoms with E-state index >= 15 is 0 Å². The van der Waals surface area contributed by atoms with Gasteiger partial charge in [-0.05, 0) is 41.5 Å². The highest BCUT2D eigenvalue weighted by atomic mass is 28.4. The first kappa shape index (κ1) is 45.2. The van der Waals surface area contributed by atoms with E-state index in [-0.39, 0.29) is 38.4 Å². The SMILES string of the molecule is CC[C@H](/C=C(/C)C1C[C@@H](OC)C[C@H](O)C(C)(C)[C@@]2(O)O[C@@H](C[C@@H](O)[C@H]2O)C[C@@H](OC)C(OCOC)C(=O)O1)CO[Si](C(C)C)(C(C)C)C(C)C. The molecule has 2 aliphatic rings. The van der Waals surface area contributed by atoms with Crippen LogP contribution in [0.25, 0.3) is 0 Å². The van der Waals surface area contributed by atoms with Crippen molar-refractivity contribution in [2.45, 2.75) is 173 Å². The normalized spacial score (nSPS) is 34.2. The van der Waals surface area contributed by atoms with E-state index in [0.29, 0.717) is 23.2 Å². The Balaban J connectivity index is 2.61. The number of hydrogen-bond acceptors (Lipinski definition) is 12. The van der Waals surface area contributed by atoms with Crippen molar-refractivity contribution in [3.63, 3.8) is 0 Å². The van der Waals surface area contributed by atoms with Crippen LogP contribution in [-0.4, -0.2) is 124 Å². The summed E-state index contributed by atoms with van der Waals surface area (Å²) in [6.45, 7) is 21.1. The minimum absolute atomic E-state index is 0.000864. The predicted molar refractivity (Wildman–Crippen MR) is 193 cm³/mol. The predicted octanol–water partition coefficient (Wildman–Crippen LogP) is 4.85. The van der Waals surface area contributed by atoms with Gasteiger partial charge < -0.3 is 53.3 Å². The highest BCUT2D eigenvalue weighted by Crippen LogP contribution is 2.46. The number of methoxy groups -OCH3 is 3. The molecular weight excluding hydrogens is 664 g/mol. The van der Waals surface area contributed by atoms with Crippen LogP contribution in [0.2, 0.25) is 16.6 Å². The van der Waals surface area contributed by atoms with Crippen molar-refractivity contribution in [3.8, 4) is 0 Å². The van der Waals surface area contributed by atoms with E-state index in [1.165, 1.54) is 21.3 Å². The van der Waals surface area contributed by atoms with Gasteiger partial charge in [0, 0.05) is 59.0 Å². The smallest absolute Gasteiger partial charge is 0.338 e. The lowest BCUT2D eigenvalue weighted by Gasteiger charge is -2.53. The molecule has 2 fully saturated rings. The fourth-order valence-corrected chi connectivity index (χ4v) is 13.6. The Kier molecular flexibility index (Phi) is 17.5. The molecule has 2 aliphatic heterocycles. The summed E-state index contributed by atoms with van der Waals surface area (Å²) in [7, 11) is 2.24. The highest BCUT2D eigenvalue weighted by molar-refractivity contribution is 6.77. The van der Waals surface area contributed by atoms with Crippen LogP contribution in [-0.2, 0) is 37.6 Å². The van der Waals surface area contributed by atoms with E-state index in [2.05, 4.69) is 54.5 Å². The molecule has 50 heavy (non-hydrogen) atoms. The van der Waals surface area contributed by atoms with Crippen molar-refractivity contribution < 1.29 is 58.1 Å². The average Bonchev–Trinajstić information content (AvgIpc) is 3.04. The Morgan fingerprint density at radius 2 is 1.56 bits per heavy atom. The van der Waals surface area contributed by atoms with Gasteiger partial charge in [0.25, 0.3) is 0 Å². The molecule has 0 saturated carbocycles. The van der Waals surface area contributed by atoms with Crippen molar-refractivity contribution >= 4 is 14.3 Å². The number of aliphatic hydroxyl groups is 4. The number of esters is 1. The van der Waals surface area contributed by atoms with E-state index < -0.39 is 74.3 Å². The van der Waals surface area contributed by atoms with Gasteiger partial charge in [-0.15, -0.1) is 0 Å². The van der Waals surface area contributed by atoms with Crippen molar-refractivity contribution in [2.75, 3.05) is 34.7 Å². The Bertz CT molecular complexity index is 1050. The average molecular weight is 735 g/mol. The van der Waals surface area contributed by atoms with Gasteiger partial charge in [-0.2, -0.15) is 0 Å². The molecule has 10 atom stereocenters. The van der Waals surface area contributed by atoms with Crippen molar-refractivity contribution in [1.29, 1.82) is 0 Å². The zero-order valence-corrected chi connectivity index (χ0v) is 34.0. The lowest BCUT2D eigenvalue weighted by atomic mass is 9.70. The molecule has 0 aromatic heterocycles. The minimum atomic E-state index is -2.34. The summed E-state index contributed by atoms with van der Waals surface area (Å²) in [6, 6.07) is 0. The van der Waals surface area contributed by atoms with Gasteiger partial charge in [0.15, 0.2) is 14.4 Å². The Labute approximate surface area is 302 Å². The quantitative estimate of drug-likeness (QED) is 0.0832. The fraction of sp³-hybridized carbons (Fsp3) is 0.919. The maximum Gasteiger partial charge on any atom is 0.338 e. The lowest BCUT2D eigenvalue weighted by molar-refractivity contribution is -0.378. The molecule has 2 bridgehead atoms. The van der Waals surface area contributed by atoms with Crippen LogP contribution >= 0.6 is 0 Å². The molecule has 0 aliphatic carbocycles. The summed E-state index contributed by atoms with van der Waals surface area (Å²) in [5, 5.41) is 45.4. The van der Waals surface area contributed by atoms with Gasteiger partial charge in [-0.25, -0.2) is 4.79 Å². The van der Waals surface area contributed by atoms with Crippen LogP contribution in [0.5, 0.6) is 0 Å². The van der Waals surface area contributed by atoms with Gasteiger partial charge in [0.05, 0.1) is 30.5 Å². The third kappa shape index (κ3) is 10.2. The van der Waals surface area contributed by atoms with Crippen LogP contribution in [0.4, 0.5) is 0 Å². The van der Waals surface area contributed by atoms with E-state index in [1.807, 2.05) is 6.92 Å². The number of cyclic esters (lactones) is 1. The summed E-state index contributed by atoms with van der Waals surface area (Å²) in [6.07, 6.45) is -5.74. The Morgan fingerprint density at radius 3 is 2.06 bits per heavy atom. The summed E-state index contributed by atoms with van der Waals surface area (Å²) < 4.78 is 41.9. The second kappa shape index (κ2) is 19.4. The molecule has 4 N–H and O–H groups in total. The van der Waals surface area contributed by atoms with Crippen molar-refractivity contribution in [3.05, 3.63) is 11.6 Å². The molecule has 0 spiro atoms. The zero-order chi connectivity index (χ0) is 38.2. The largest absolute Gasteiger partial charge is 0.456 e. The van der Waals surface area contributed by atoms with Crippen LogP contribution < -0.4 is 0 Å². The van der Waals surface area contributed by atoms with Crippen molar-refractivity contribution in [1.82, 2.24) is 0 Å². The van der Waals surface area contributed by atoms with Crippen LogP contribution in [0.15, 0.2) is 11.6 Å². The summed E-state index contributed by atoms with van der Waals surface area (Å²) in [5.74, 6) is -2.98. The molecule has 13 heteroatoms. The standard InChI is InChI=1S/C37H70O12Si/c1-14-26(20-47-50(22(2)3,23(4)5)24(6)7)15-25(8)30-17-27(44-12)19-32(39)36(9,10)37(42)34(40)29(38)16-28(49-37)18-31(45-13)33(35(41)48-30)46-21-43-11/h15,22-24,26-34,38-40,42H,14,16-21H2,1-13H3/b25-15-/t26-,27-,28+,29-,30?,31-,32+,33?,34-,37+/m1/s1. The molecule has 12 nitrogen and oxygen atoms in total. The molecule has 2 saturated heterocycles. The number of ether oxygens (including phenoxy) is 6. The van der Waals surface area contributed by atoms with Gasteiger partial charge >= 0.3 is 5.97 Å². The van der Waals surface area contributed by atoms with E-state index in [9.17, 15) is 25.2 Å². The minimum Gasteiger partial charge on any atom is -0.456 e. The first-order valence-electron chi connectivity index (χ1n) is 18.4. The Hall–Kier alpha value is -0.973. The number of hydrogen-bond donors (Lipinski definition) is 4. The number of aliphatic hydroxyl groups excluding tert-OH is 3. The second-order valence-electron chi connectivity index (χ2n) is 15.9. The van der Waals surface area contributed by atoms with E-state index in [1.54, 1.807) is 13.8 Å². The molecule has 2 rings (SSSR count). The highest BCUT2D eigenvalue weighted by Gasteiger charge is 2.60. The molecule has 0 amide bonds. The van der Waals surface area contributed by atoms with Gasteiger partial charge in [0.2, 0.25) is 5.79 Å². The first-order valence-corrected chi connectivity index (χ1v) is 20.5. The third-order valence-electron chi connectivity index (χ3n) is 11.4. The zero-order valence-electron chi connectivity index (χ0n) is 33.0. The second-order valence-corrected chi connectivity index (χ2v) is 21.3. The third-order valence-corrected chi connectivity index (χ3v) is 17.5. The summed E-state index contributed by atoms with van der Waals surface area (Å²) >= 11 is 0. The topological polar surface area (TPSA) is 163 Å². The van der Waals surface area contributed by atoms with E-state index in [4.69, 9.17) is 32.8 Å². The maximum absolute atomic E-state index is 14.0. The molecule has 0 aromatic carbocycles. The van der Waals surface area contributed by atoms with Gasteiger partial charge in [-0.1, -0.05) is 68.4 Å². The van der Waals surface area contributed by atoms with Gasteiger partial charge in [-0.3, -0.25) is 0 Å². The lowest BCUT2D eigenvalue weighted by Crippen LogP contribution is -2.68. The first-order chi connectivity index (χ1) is 23.3. The molecule has 2 unspecified atom stereocenters. The molecule has 294 valence electrons. The van der Waals surface area contributed by atoms with Crippen LogP contribution in [0.3, 0.4) is 0 Å². The molecule has 2 heterocycles. The molecule has 0 radical (unpaired) electrons. The molecular formula is C37H70O12Si. The molecule has 0 aromatic rings. The number of rotatable bonds is 14. The van der Waals surface area contributed by atoms with Crippen molar-refractivity contribution in [2.24, 2.45) is 11.3 Å². The number of fused-ring (bicyclic) bond motifs is 2. The van der Waals surface area contributed by atoms with E-state index in [0.717, 1.165) is 12.0 Å². The summed E-state index contributed by atoms with van der Waals surface area (Å²) in [4.78, 5) is 14.0. The van der Waals surface area contributed by atoms with Crippen LogP contribution in [0.1, 0.15) is 101 Å². The number of carbonyl (C=O) groups excluding carboxylic acids is 1.